The number of carbonyl (C=O) groups is 2. The van der Waals surface area contributed by atoms with E-state index in [1.54, 1.807) is 42.4 Å². The molecule has 1 N–H and O–H groups in total. The highest BCUT2D eigenvalue weighted by Gasteiger charge is 2.26. The molecule has 1 fully saturated rings. The number of rotatable bonds is 7. The number of nitrogens with one attached hydrogen (secondary N) is 1. The van der Waals surface area contributed by atoms with Crippen molar-refractivity contribution < 1.29 is 23.8 Å². The molecule has 2 aromatic rings. The van der Waals surface area contributed by atoms with Crippen molar-refractivity contribution in [3.63, 3.8) is 0 Å². The number of hydrogen-bond acceptors (Lipinski definition) is 6. The normalized spacial score (nSPS) is 14.1. The molecule has 0 bridgehead atoms. The molecular formula is C23H29N3O6. The predicted octanol–water partition coefficient (Wildman–Crippen LogP) is 1.69. The quantitative estimate of drug-likeness (QED) is 0.699. The van der Waals surface area contributed by atoms with Gasteiger partial charge in [0, 0.05) is 38.4 Å². The third-order valence-corrected chi connectivity index (χ3v) is 5.73. The molecule has 172 valence electrons. The number of pyridine rings is 1. The number of amides is 2. The standard InChI is InChI=1S/C23H29N3O6/c1-25-9-5-6-17(22(25)28)23(29)26-10-7-15(8-11-26)14-24-21(27)16-12-18(30-2)20(32-4)19(13-16)31-3/h5-6,9,12-13,15H,7-8,10-11,14H2,1-4H3,(H,24,27). The Hall–Kier alpha value is -3.49. The van der Waals surface area contributed by atoms with E-state index in [9.17, 15) is 14.4 Å². The molecule has 2 amide bonds. The van der Waals surface area contributed by atoms with Crippen LogP contribution in [0.5, 0.6) is 17.2 Å². The molecule has 0 spiro atoms. The molecule has 9 heteroatoms. The molecule has 3 rings (SSSR count). The molecule has 2 heterocycles. The van der Waals surface area contributed by atoms with Crippen LogP contribution in [0.3, 0.4) is 0 Å². The van der Waals surface area contributed by atoms with Crippen LogP contribution in [0.15, 0.2) is 35.3 Å². The Balaban J connectivity index is 1.57. The van der Waals surface area contributed by atoms with E-state index in [1.807, 2.05) is 0 Å². The topological polar surface area (TPSA) is 99.1 Å². The number of hydrogen-bond donors (Lipinski definition) is 1. The van der Waals surface area contributed by atoms with E-state index in [4.69, 9.17) is 14.2 Å². The first kappa shape index (κ1) is 23.2. The molecule has 1 aliphatic heterocycles. The van der Waals surface area contributed by atoms with Crippen molar-refractivity contribution in [3.8, 4) is 17.2 Å². The average Bonchev–Trinajstić information content (AvgIpc) is 2.83. The maximum atomic E-state index is 12.7. The van der Waals surface area contributed by atoms with E-state index < -0.39 is 0 Å². The number of aromatic nitrogens is 1. The summed E-state index contributed by atoms with van der Waals surface area (Å²) in [6, 6.07) is 6.48. The third kappa shape index (κ3) is 4.87. The van der Waals surface area contributed by atoms with Gasteiger partial charge in [-0.05, 0) is 43.0 Å². The zero-order valence-electron chi connectivity index (χ0n) is 18.8. The lowest BCUT2D eigenvalue weighted by molar-refractivity contribution is 0.0682. The predicted molar refractivity (Wildman–Crippen MR) is 119 cm³/mol. The van der Waals surface area contributed by atoms with Crippen LogP contribution in [-0.4, -0.2) is 62.2 Å². The summed E-state index contributed by atoms with van der Waals surface area (Å²) < 4.78 is 17.3. The third-order valence-electron chi connectivity index (χ3n) is 5.73. The van der Waals surface area contributed by atoms with Gasteiger partial charge in [-0.25, -0.2) is 0 Å². The van der Waals surface area contributed by atoms with E-state index in [2.05, 4.69) is 5.32 Å². The summed E-state index contributed by atoms with van der Waals surface area (Å²) in [5, 5.41) is 2.95. The first-order valence-corrected chi connectivity index (χ1v) is 10.4. The second-order valence-corrected chi connectivity index (χ2v) is 7.70. The summed E-state index contributed by atoms with van der Waals surface area (Å²) in [4.78, 5) is 39.3. The van der Waals surface area contributed by atoms with Crippen molar-refractivity contribution in [3.05, 3.63) is 51.9 Å². The van der Waals surface area contributed by atoms with Gasteiger partial charge in [-0.1, -0.05) is 0 Å². The van der Waals surface area contributed by atoms with Gasteiger partial charge in [0.2, 0.25) is 5.75 Å². The number of piperidine rings is 1. The summed E-state index contributed by atoms with van der Waals surface area (Å²) in [7, 11) is 6.13. The van der Waals surface area contributed by atoms with Crippen molar-refractivity contribution in [1.29, 1.82) is 0 Å². The fourth-order valence-corrected chi connectivity index (χ4v) is 3.82. The number of carbonyl (C=O) groups excluding carboxylic acids is 2. The van der Waals surface area contributed by atoms with Gasteiger partial charge in [-0.2, -0.15) is 0 Å². The van der Waals surface area contributed by atoms with Gasteiger partial charge in [0.15, 0.2) is 11.5 Å². The van der Waals surface area contributed by atoms with Gasteiger partial charge in [-0.15, -0.1) is 0 Å². The smallest absolute Gasteiger partial charge is 0.263 e. The van der Waals surface area contributed by atoms with E-state index >= 15 is 0 Å². The molecule has 0 aliphatic carbocycles. The molecule has 1 aromatic heterocycles. The number of likely N-dealkylation sites (tertiary alicyclic amines) is 1. The van der Waals surface area contributed by atoms with Gasteiger partial charge in [0.25, 0.3) is 17.4 Å². The molecule has 0 radical (unpaired) electrons. The second-order valence-electron chi connectivity index (χ2n) is 7.70. The van der Waals surface area contributed by atoms with Gasteiger partial charge < -0.3 is 29.0 Å². The highest BCUT2D eigenvalue weighted by atomic mass is 16.5. The highest BCUT2D eigenvalue weighted by molar-refractivity contribution is 5.95. The fourth-order valence-electron chi connectivity index (χ4n) is 3.82. The summed E-state index contributed by atoms with van der Waals surface area (Å²) in [5.41, 5.74) is 0.299. The van der Waals surface area contributed by atoms with Crippen LogP contribution in [0.1, 0.15) is 33.6 Å². The van der Waals surface area contributed by atoms with Crippen LogP contribution >= 0.6 is 0 Å². The Morgan fingerprint density at radius 2 is 1.69 bits per heavy atom. The lowest BCUT2D eigenvalue weighted by atomic mass is 9.96. The van der Waals surface area contributed by atoms with Gasteiger partial charge >= 0.3 is 0 Å². The summed E-state index contributed by atoms with van der Waals surface area (Å²) in [6.07, 6.45) is 3.12. The summed E-state index contributed by atoms with van der Waals surface area (Å²) >= 11 is 0. The zero-order chi connectivity index (χ0) is 23.3. The highest BCUT2D eigenvalue weighted by Crippen LogP contribution is 2.38. The van der Waals surface area contributed by atoms with Crippen LogP contribution in [0, 0.1) is 5.92 Å². The van der Waals surface area contributed by atoms with Gasteiger partial charge in [0.05, 0.1) is 21.3 Å². The van der Waals surface area contributed by atoms with Crippen molar-refractivity contribution in [1.82, 2.24) is 14.8 Å². The minimum absolute atomic E-state index is 0.184. The monoisotopic (exact) mass is 443 g/mol. The Bertz CT molecular complexity index is 1020. The van der Waals surface area contributed by atoms with Crippen LogP contribution in [0.4, 0.5) is 0 Å². The minimum atomic E-state index is -0.294. The first-order chi connectivity index (χ1) is 15.4. The molecule has 1 aromatic carbocycles. The number of benzene rings is 1. The SMILES string of the molecule is COc1cc(C(=O)NCC2CCN(C(=O)c3cccn(C)c3=O)CC2)cc(OC)c1OC. The Kier molecular flexibility index (Phi) is 7.40. The average molecular weight is 444 g/mol. The maximum Gasteiger partial charge on any atom is 0.263 e. The number of ether oxygens (including phenoxy) is 3. The molecule has 9 nitrogen and oxygen atoms in total. The lowest BCUT2D eigenvalue weighted by Gasteiger charge is -2.32. The molecule has 1 aliphatic rings. The van der Waals surface area contributed by atoms with Crippen molar-refractivity contribution in [2.24, 2.45) is 13.0 Å². The molecule has 0 unspecified atom stereocenters. The largest absolute Gasteiger partial charge is 0.493 e. The number of methoxy groups -OCH3 is 3. The van der Waals surface area contributed by atoms with Crippen LogP contribution in [-0.2, 0) is 7.05 Å². The second kappa shape index (κ2) is 10.2. The molecule has 0 saturated carbocycles. The Morgan fingerprint density at radius 3 is 2.25 bits per heavy atom. The molecule has 32 heavy (non-hydrogen) atoms. The van der Waals surface area contributed by atoms with E-state index in [-0.39, 0.29) is 28.9 Å². The lowest BCUT2D eigenvalue weighted by Crippen LogP contribution is -2.43. The van der Waals surface area contributed by atoms with Crippen molar-refractivity contribution >= 4 is 11.8 Å². The molecule has 1 saturated heterocycles. The van der Waals surface area contributed by atoms with Crippen molar-refractivity contribution in [2.75, 3.05) is 41.0 Å². The van der Waals surface area contributed by atoms with Gasteiger partial charge in [0.1, 0.15) is 5.56 Å². The minimum Gasteiger partial charge on any atom is -0.493 e. The summed E-state index contributed by atoms with van der Waals surface area (Å²) in [5.74, 6) is 1.01. The number of nitrogens with zero attached hydrogens (tertiary/aromatic N) is 2. The van der Waals surface area contributed by atoms with Crippen LogP contribution in [0.25, 0.3) is 0 Å². The number of aryl methyl sites for hydroxylation is 1. The maximum absolute atomic E-state index is 12.7. The van der Waals surface area contributed by atoms with E-state index in [0.717, 1.165) is 12.8 Å². The zero-order valence-corrected chi connectivity index (χ0v) is 18.8. The van der Waals surface area contributed by atoms with Crippen LogP contribution < -0.4 is 25.1 Å². The Labute approximate surface area is 186 Å². The van der Waals surface area contributed by atoms with Crippen LogP contribution in [0.2, 0.25) is 0 Å². The summed E-state index contributed by atoms with van der Waals surface area (Å²) in [6.45, 7) is 1.58. The van der Waals surface area contributed by atoms with Crippen molar-refractivity contribution in [2.45, 2.75) is 12.8 Å². The molecular weight excluding hydrogens is 414 g/mol. The van der Waals surface area contributed by atoms with Gasteiger partial charge in [-0.3, -0.25) is 14.4 Å². The fraction of sp³-hybridized carbons (Fsp3) is 0.435. The first-order valence-electron chi connectivity index (χ1n) is 10.4. The van der Waals surface area contributed by atoms with E-state index in [0.29, 0.717) is 42.4 Å². The van der Waals surface area contributed by atoms with E-state index in [1.165, 1.54) is 25.9 Å². The molecule has 0 atom stereocenters. The Morgan fingerprint density at radius 1 is 1.06 bits per heavy atom.